The maximum absolute atomic E-state index is 12.6. The number of imidazole rings is 1. The zero-order chi connectivity index (χ0) is 19.9. The van der Waals surface area contributed by atoms with E-state index in [0.717, 1.165) is 22.9 Å². The van der Waals surface area contributed by atoms with Crippen LogP contribution in [0.4, 0.5) is 5.69 Å². The van der Waals surface area contributed by atoms with Crippen LogP contribution in [0.1, 0.15) is 12.8 Å². The molecule has 1 amide bonds. The number of fused-ring (bicyclic) bond motifs is 1. The van der Waals surface area contributed by atoms with Gasteiger partial charge in [0.15, 0.2) is 0 Å². The number of H-pyrrole nitrogens is 1. The van der Waals surface area contributed by atoms with Crippen molar-refractivity contribution in [2.45, 2.75) is 18.9 Å². The van der Waals surface area contributed by atoms with Gasteiger partial charge in [-0.25, -0.2) is 13.4 Å². The first-order chi connectivity index (χ1) is 13.3. The topological polar surface area (TPSA) is 95.2 Å². The summed E-state index contributed by atoms with van der Waals surface area (Å²) in [6.45, 7) is 0.373. The van der Waals surface area contributed by atoms with E-state index in [0.29, 0.717) is 35.9 Å². The van der Waals surface area contributed by atoms with Gasteiger partial charge in [-0.05, 0) is 43.2 Å². The number of halogens is 1. The highest BCUT2D eigenvalue weighted by Gasteiger charge is 2.36. The highest BCUT2D eigenvalue weighted by molar-refractivity contribution is 7.88. The molecular formula is C19H19ClN4O3S. The number of rotatable bonds is 4. The Hall–Kier alpha value is -2.42. The van der Waals surface area contributed by atoms with Crippen LogP contribution in [0.5, 0.6) is 0 Å². The molecule has 0 bridgehead atoms. The second-order valence-corrected chi connectivity index (χ2v) is 9.16. The highest BCUT2D eigenvalue weighted by Crippen LogP contribution is 2.28. The normalized spacial score (nSPS) is 17.9. The van der Waals surface area contributed by atoms with Crippen molar-refractivity contribution in [1.82, 2.24) is 14.3 Å². The Morgan fingerprint density at radius 1 is 1.29 bits per heavy atom. The first kappa shape index (κ1) is 18.9. The van der Waals surface area contributed by atoms with Crippen molar-refractivity contribution < 1.29 is 13.2 Å². The summed E-state index contributed by atoms with van der Waals surface area (Å²) < 4.78 is 25.0. The van der Waals surface area contributed by atoms with E-state index in [1.165, 1.54) is 4.31 Å². The second kappa shape index (κ2) is 7.20. The summed E-state index contributed by atoms with van der Waals surface area (Å²) in [5, 5.41) is 3.41. The fourth-order valence-corrected chi connectivity index (χ4v) is 4.84. The fourth-order valence-electron chi connectivity index (χ4n) is 3.49. The molecule has 1 atom stereocenters. The maximum Gasteiger partial charge on any atom is 0.242 e. The average molecular weight is 419 g/mol. The summed E-state index contributed by atoms with van der Waals surface area (Å²) in [4.78, 5) is 20.4. The lowest BCUT2D eigenvalue weighted by molar-refractivity contribution is -0.119. The van der Waals surface area contributed by atoms with Crippen molar-refractivity contribution in [3.63, 3.8) is 0 Å². The molecule has 2 aromatic carbocycles. The maximum atomic E-state index is 12.6. The third-order valence-electron chi connectivity index (χ3n) is 4.81. The minimum absolute atomic E-state index is 0.326. The van der Waals surface area contributed by atoms with Crippen LogP contribution in [0.3, 0.4) is 0 Å². The zero-order valence-corrected chi connectivity index (χ0v) is 16.7. The Labute approximate surface area is 167 Å². The molecule has 28 heavy (non-hydrogen) atoms. The van der Waals surface area contributed by atoms with E-state index in [2.05, 4.69) is 15.3 Å². The molecule has 9 heteroatoms. The lowest BCUT2D eigenvalue weighted by Crippen LogP contribution is -2.42. The molecule has 2 heterocycles. The number of nitrogens with zero attached hydrogens (tertiary/aromatic N) is 2. The molecule has 146 valence electrons. The Bertz CT molecular complexity index is 1160. The first-order valence-corrected chi connectivity index (χ1v) is 11.1. The summed E-state index contributed by atoms with van der Waals surface area (Å²) in [5.74, 6) is 0.316. The molecule has 0 radical (unpaired) electrons. The van der Waals surface area contributed by atoms with Crippen molar-refractivity contribution in [2.24, 2.45) is 0 Å². The van der Waals surface area contributed by atoms with E-state index in [1.54, 1.807) is 24.3 Å². The number of aromatic amines is 1. The number of nitrogens with one attached hydrogen (secondary N) is 2. The quantitative estimate of drug-likeness (QED) is 0.679. The van der Waals surface area contributed by atoms with Crippen LogP contribution in [0.2, 0.25) is 5.02 Å². The van der Waals surface area contributed by atoms with Crippen LogP contribution in [0.15, 0.2) is 42.5 Å². The van der Waals surface area contributed by atoms with Gasteiger partial charge in [0.25, 0.3) is 0 Å². The molecule has 1 unspecified atom stereocenters. The monoisotopic (exact) mass is 418 g/mol. The van der Waals surface area contributed by atoms with E-state index in [4.69, 9.17) is 11.6 Å². The second-order valence-electron chi connectivity index (χ2n) is 6.82. The van der Waals surface area contributed by atoms with E-state index in [1.807, 2.05) is 18.2 Å². The number of carbonyl (C=O) groups excluding carboxylic acids is 1. The lowest BCUT2D eigenvalue weighted by Gasteiger charge is -2.21. The van der Waals surface area contributed by atoms with Crippen molar-refractivity contribution in [1.29, 1.82) is 0 Å². The van der Waals surface area contributed by atoms with Gasteiger partial charge in [0.05, 0.1) is 22.3 Å². The van der Waals surface area contributed by atoms with Gasteiger partial charge in [-0.3, -0.25) is 4.79 Å². The van der Waals surface area contributed by atoms with Crippen LogP contribution in [-0.4, -0.2) is 47.4 Å². The van der Waals surface area contributed by atoms with Gasteiger partial charge < -0.3 is 10.3 Å². The molecule has 1 aliphatic heterocycles. The summed E-state index contributed by atoms with van der Waals surface area (Å²) in [5.41, 5.74) is 2.86. The number of hydrogen-bond acceptors (Lipinski definition) is 4. The Morgan fingerprint density at radius 2 is 2.07 bits per heavy atom. The zero-order valence-electron chi connectivity index (χ0n) is 15.1. The summed E-state index contributed by atoms with van der Waals surface area (Å²) >= 11 is 6.24. The average Bonchev–Trinajstić information content (AvgIpc) is 3.28. The molecule has 2 N–H and O–H groups in total. The molecule has 7 nitrogen and oxygen atoms in total. The predicted octanol–water partition coefficient (Wildman–Crippen LogP) is 3.25. The van der Waals surface area contributed by atoms with Crippen molar-refractivity contribution >= 4 is 44.3 Å². The third-order valence-corrected chi connectivity index (χ3v) is 6.43. The van der Waals surface area contributed by atoms with E-state index < -0.39 is 16.1 Å². The Morgan fingerprint density at radius 3 is 2.82 bits per heavy atom. The standard InChI is InChI=1S/C19H19ClN4O3S/c1-28(26,27)24-10-4-7-17(24)19(25)21-12-8-9-15-16(11-12)23-18(22-15)13-5-2-3-6-14(13)20/h2-3,5-6,8-9,11,17H,4,7,10H2,1H3,(H,21,25)(H,22,23). The van der Waals surface area contributed by atoms with Gasteiger partial charge in [-0.2, -0.15) is 4.31 Å². The minimum Gasteiger partial charge on any atom is -0.338 e. The van der Waals surface area contributed by atoms with Crippen LogP contribution < -0.4 is 5.32 Å². The number of amides is 1. The number of hydrogen-bond donors (Lipinski definition) is 2. The van der Waals surface area contributed by atoms with Crippen LogP contribution in [0.25, 0.3) is 22.4 Å². The number of aromatic nitrogens is 2. The Balaban J connectivity index is 1.58. The molecule has 0 spiro atoms. The van der Waals surface area contributed by atoms with Crippen LogP contribution in [-0.2, 0) is 14.8 Å². The molecule has 0 saturated carbocycles. The molecule has 1 saturated heterocycles. The van der Waals surface area contributed by atoms with E-state index in [-0.39, 0.29) is 5.91 Å². The predicted molar refractivity (Wildman–Crippen MR) is 110 cm³/mol. The van der Waals surface area contributed by atoms with E-state index in [9.17, 15) is 13.2 Å². The number of carbonyl (C=O) groups is 1. The smallest absolute Gasteiger partial charge is 0.242 e. The third kappa shape index (κ3) is 3.63. The van der Waals surface area contributed by atoms with Crippen molar-refractivity contribution in [2.75, 3.05) is 18.1 Å². The number of anilines is 1. The molecule has 1 fully saturated rings. The van der Waals surface area contributed by atoms with Gasteiger partial charge >= 0.3 is 0 Å². The number of sulfonamides is 1. The minimum atomic E-state index is -3.41. The molecule has 3 aromatic rings. The van der Waals surface area contributed by atoms with E-state index >= 15 is 0 Å². The lowest BCUT2D eigenvalue weighted by atomic mass is 10.2. The van der Waals surface area contributed by atoms with Crippen molar-refractivity contribution in [3.05, 3.63) is 47.5 Å². The SMILES string of the molecule is CS(=O)(=O)N1CCCC1C(=O)Nc1ccc2nc(-c3ccccc3Cl)[nH]c2c1. The first-order valence-electron chi connectivity index (χ1n) is 8.85. The molecule has 0 aliphatic carbocycles. The number of benzene rings is 2. The highest BCUT2D eigenvalue weighted by atomic mass is 35.5. The Kier molecular flexibility index (Phi) is 4.86. The van der Waals surface area contributed by atoms with Gasteiger partial charge in [0.2, 0.25) is 15.9 Å². The molecule has 1 aliphatic rings. The molecular weight excluding hydrogens is 400 g/mol. The van der Waals surface area contributed by atoms with Gasteiger partial charge in [-0.1, -0.05) is 23.7 Å². The van der Waals surface area contributed by atoms with Gasteiger partial charge in [-0.15, -0.1) is 0 Å². The summed E-state index contributed by atoms with van der Waals surface area (Å²) in [6, 6.07) is 12.1. The van der Waals surface area contributed by atoms with Gasteiger partial charge in [0, 0.05) is 17.8 Å². The largest absolute Gasteiger partial charge is 0.338 e. The molecule has 4 rings (SSSR count). The van der Waals surface area contributed by atoms with Crippen LogP contribution in [0, 0.1) is 0 Å². The van der Waals surface area contributed by atoms with Crippen molar-refractivity contribution in [3.8, 4) is 11.4 Å². The summed E-state index contributed by atoms with van der Waals surface area (Å²) in [6.07, 6.45) is 2.32. The van der Waals surface area contributed by atoms with Crippen LogP contribution >= 0.6 is 11.6 Å². The molecule has 1 aromatic heterocycles. The fraction of sp³-hybridized carbons (Fsp3) is 0.263. The summed E-state index contributed by atoms with van der Waals surface area (Å²) in [7, 11) is -3.41. The van der Waals surface area contributed by atoms with Gasteiger partial charge in [0.1, 0.15) is 11.9 Å².